The van der Waals surface area contributed by atoms with Gasteiger partial charge in [-0.1, -0.05) is 0 Å². The van der Waals surface area contributed by atoms with Gasteiger partial charge in [0.25, 0.3) is 0 Å². The lowest BCUT2D eigenvalue weighted by Gasteiger charge is -2.39. The third-order valence-electron chi connectivity index (χ3n) is 4.18. The van der Waals surface area contributed by atoms with Crippen molar-refractivity contribution in [2.24, 2.45) is 0 Å². The molecule has 2 unspecified atom stereocenters. The van der Waals surface area contributed by atoms with Crippen molar-refractivity contribution in [3.63, 3.8) is 0 Å². The van der Waals surface area contributed by atoms with Crippen LogP contribution in [0, 0.1) is 5.82 Å². The molecule has 108 valence electrons. The zero-order valence-electron chi connectivity index (χ0n) is 11.9. The van der Waals surface area contributed by atoms with Gasteiger partial charge >= 0.3 is 0 Å². The van der Waals surface area contributed by atoms with Crippen LogP contribution in [0.2, 0.25) is 0 Å². The molecule has 1 aliphatic heterocycles. The maximum atomic E-state index is 13.3. The first kappa shape index (κ1) is 13.6. The first-order valence-electron chi connectivity index (χ1n) is 7.12. The van der Waals surface area contributed by atoms with Gasteiger partial charge in [-0.25, -0.2) is 4.39 Å². The van der Waals surface area contributed by atoms with E-state index in [1.54, 1.807) is 6.07 Å². The summed E-state index contributed by atoms with van der Waals surface area (Å²) in [7, 11) is 1.90. The predicted octanol–water partition coefficient (Wildman–Crippen LogP) is 3.79. The van der Waals surface area contributed by atoms with E-state index in [1.807, 2.05) is 13.1 Å². The molecule has 3 nitrogen and oxygen atoms in total. The molecular formula is C16H20FNO2. The van der Waals surface area contributed by atoms with E-state index in [2.05, 4.69) is 12.2 Å². The Labute approximate surface area is 118 Å². The number of fused-ring (bicyclic) bond motifs is 1. The van der Waals surface area contributed by atoms with Crippen molar-refractivity contribution in [1.29, 1.82) is 0 Å². The van der Waals surface area contributed by atoms with Gasteiger partial charge in [0.1, 0.15) is 17.2 Å². The van der Waals surface area contributed by atoms with Gasteiger partial charge in [0.05, 0.1) is 11.6 Å². The number of nitrogens with one attached hydrogen (secondary N) is 1. The first-order chi connectivity index (χ1) is 9.62. The Bertz CT molecular complexity index is 602. The van der Waals surface area contributed by atoms with Gasteiger partial charge in [0.2, 0.25) is 0 Å². The summed E-state index contributed by atoms with van der Waals surface area (Å²) in [4.78, 5) is 0. The average molecular weight is 277 g/mol. The number of likely N-dealkylation sites (N-methyl/N-ethyl adjacent to an activating group) is 1. The minimum Gasteiger partial charge on any atom is -0.459 e. The molecule has 1 N–H and O–H groups in total. The molecule has 1 fully saturated rings. The number of ether oxygens (including phenoxy) is 1. The van der Waals surface area contributed by atoms with Crippen LogP contribution in [0.5, 0.6) is 0 Å². The second kappa shape index (κ2) is 5.19. The summed E-state index contributed by atoms with van der Waals surface area (Å²) in [5.41, 5.74) is 0.431. The van der Waals surface area contributed by atoms with Gasteiger partial charge in [-0.2, -0.15) is 0 Å². The molecule has 0 radical (unpaired) electrons. The smallest absolute Gasteiger partial charge is 0.134 e. The van der Waals surface area contributed by atoms with E-state index in [0.717, 1.165) is 37.0 Å². The van der Waals surface area contributed by atoms with Crippen molar-refractivity contribution < 1.29 is 13.5 Å². The van der Waals surface area contributed by atoms with Crippen LogP contribution in [-0.4, -0.2) is 19.3 Å². The highest BCUT2D eigenvalue weighted by atomic mass is 19.1. The van der Waals surface area contributed by atoms with Crippen LogP contribution in [0.4, 0.5) is 4.39 Å². The molecule has 3 rings (SSSR count). The number of hydrogen-bond acceptors (Lipinski definition) is 3. The molecule has 1 aromatic heterocycles. The number of benzene rings is 1. The van der Waals surface area contributed by atoms with Crippen molar-refractivity contribution in [3.05, 3.63) is 35.8 Å². The summed E-state index contributed by atoms with van der Waals surface area (Å²) in [6.07, 6.45) is 3.25. The molecule has 0 aliphatic carbocycles. The van der Waals surface area contributed by atoms with Crippen molar-refractivity contribution in [2.75, 3.05) is 13.7 Å². The average Bonchev–Trinajstić information content (AvgIpc) is 2.82. The third kappa shape index (κ3) is 2.34. The van der Waals surface area contributed by atoms with E-state index in [0.29, 0.717) is 5.58 Å². The summed E-state index contributed by atoms with van der Waals surface area (Å²) in [6.45, 7) is 2.89. The summed E-state index contributed by atoms with van der Waals surface area (Å²) in [5.74, 6) is 0.559. The lowest BCUT2D eigenvalue weighted by molar-refractivity contribution is -0.0919. The van der Waals surface area contributed by atoms with Crippen molar-refractivity contribution >= 4 is 11.0 Å². The molecule has 1 saturated heterocycles. The fourth-order valence-corrected chi connectivity index (χ4v) is 3.11. The minimum atomic E-state index is -0.278. The molecule has 2 atom stereocenters. The van der Waals surface area contributed by atoms with Crippen molar-refractivity contribution in [3.8, 4) is 0 Å². The predicted molar refractivity (Wildman–Crippen MR) is 76.2 cm³/mol. The zero-order valence-corrected chi connectivity index (χ0v) is 11.9. The SMILES string of the molecule is CNC(c1cc2cc(F)ccc2o1)C1(C)CCCCO1. The van der Waals surface area contributed by atoms with Crippen molar-refractivity contribution in [1.82, 2.24) is 5.32 Å². The van der Waals surface area contributed by atoms with E-state index in [4.69, 9.17) is 9.15 Å². The lowest BCUT2D eigenvalue weighted by Crippen LogP contribution is -2.44. The third-order valence-corrected chi connectivity index (χ3v) is 4.18. The largest absolute Gasteiger partial charge is 0.459 e. The number of halogens is 1. The van der Waals surface area contributed by atoms with Crippen LogP contribution in [0.25, 0.3) is 11.0 Å². The van der Waals surface area contributed by atoms with Gasteiger partial charge in [-0.3, -0.25) is 0 Å². The Hall–Kier alpha value is -1.39. The van der Waals surface area contributed by atoms with E-state index in [1.165, 1.54) is 12.1 Å². The molecule has 4 heteroatoms. The van der Waals surface area contributed by atoms with Crippen LogP contribution in [-0.2, 0) is 4.74 Å². The van der Waals surface area contributed by atoms with Gasteiger partial charge in [0.15, 0.2) is 0 Å². The Kier molecular flexibility index (Phi) is 3.52. The van der Waals surface area contributed by atoms with E-state index in [9.17, 15) is 4.39 Å². The van der Waals surface area contributed by atoms with E-state index in [-0.39, 0.29) is 17.5 Å². The van der Waals surface area contributed by atoms with Crippen molar-refractivity contribution in [2.45, 2.75) is 37.8 Å². The fourth-order valence-electron chi connectivity index (χ4n) is 3.11. The monoisotopic (exact) mass is 277 g/mol. The van der Waals surface area contributed by atoms with E-state index < -0.39 is 0 Å². The van der Waals surface area contributed by atoms with Gasteiger partial charge in [0, 0.05) is 12.0 Å². The van der Waals surface area contributed by atoms with Gasteiger partial charge in [-0.05, 0) is 57.5 Å². The van der Waals surface area contributed by atoms with Crippen LogP contribution >= 0.6 is 0 Å². The summed E-state index contributed by atoms with van der Waals surface area (Å²) >= 11 is 0. The second-order valence-corrected chi connectivity index (χ2v) is 5.67. The van der Waals surface area contributed by atoms with E-state index >= 15 is 0 Å². The Balaban J connectivity index is 1.98. The highest BCUT2D eigenvalue weighted by molar-refractivity contribution is 5.78. The molecule has 0 spiro atoms. The standard InChI is InChI=1S/C16H20FNO2/c1-16(7-3-4-8-19-16)15(18-2)14-10-11-9-12(17)5-6-13(11)20-14/h5-6,9-10,15,18H,3-4,7-8H2,1-2H3. The number of rotatable bonds is 3. The molecular weight excluding hydrogens is 257 g/mol. The fraction of sp³-hybridized carbons (Fsp3) is 0.500. The number of furan rings is 1. The quantitative estimate of drug-likeness (QED) is 0.926. The molecule has 20 heavy (non-hydrogen) atoms. The lowest BCUT2D eigenvalue weighted by atomic mass is 9.87. The Morgan fingerprint density at radius 1 is 1.30 bits per heavy atom. The molecule has 2 aromatic rings. The summed E-state index contributed by atoms with van der Waals surface area (Å²) < 4.78 is 25.2. The molecule has 0 amide bonds. The van der Waals surface area contributed by atoms with Gasteiger partial charge < -0.3 is 14.5 Å². The highest BCUT2D eigenvalue weighted by Crippen LogP contribution is 2.38. The molecule has 0 bridgehead atoms. The maximum Gasteiger partial charge on any atom is 0.134 e. The normalized spacial score (nSPS) is 24.9. The highest BCUT2D eigenvalue weighted by Gasteiger charge is 2.38. The Morgan fingerprint density at radius 2 is 2.15 bits per heavy atom. The van der Waals surface area contributed by atoms with Crippen LogP contribution in [0.3, 0.4) is 0 Å². The summed E-state index contributed by atoms with van der Waals surface area (Å²) in [5, 5.41) is 4.08. The zero-order chi connectivity index (χ0) is 14.2. The van der Waals surface area contributed by atoms with Crippen LogP contribution < -0.4 is 5.32 Å². The number of hydrogen-bond donors (Lipinski definition) is 1. The molecule has 1 aliphatic rings. The van der Waals surface area contributed by atoms with Crippen LogP contribution in [0.15, 0.2) is 28.7 Å². The molecule has 1 aromatic carbocycles. The first-order valence-corrected chi connectivity index (χ1v) is 7.12. The van der Waals surface area contributed by atoms with Crippen LogP contribution in [0.1, 0.15) is 38.0 Å². The second-order valence-electron chi connectivity index (χ2n) is 5.67. The Morgan fingerprint density at radius 3 is 2.85 bits per heavy atom. The minimum absolute atomic E-state index is 0.0294. The molecule has 2 heterocycles. The molecule has 0 saturated carbocycles. The van der Waals surface area contributed by atoms with Gasteiger partial charge in [-0.15, -0.1) is 0 Å². The summed E-state index contributed by atoms with van der Waals surface area (Å²) in [6, 6.07) is 6.47. The maximum absolute atomic E-state index is 13.3. The topological polar surface area (TPSA) is 34.4 Å².